The van der Waals surface area contributed by atoms with Crippen molar-refractivity contribution in [2.24, 2.45) is 15.4 Å². The van der Waals surface area contributed by atoms with Gasteiger partial charge in [0, 0.05) is 43.7 Å². The molecule has 8 rings (SSSR count). The van der Waals surface area contributed by atoms with Crippen molar-refractivity contribution in [3.8, 4) is 28.7 Å². The predicted octanol–water partition coefficient (Wildman–Crippen LogP) is 7.02. The zero-order valence-electron chi connectivity index (χ0n) is 29.2. The van der Waals surface area contributed by atoms with E-state index in [1.54, 1.807) is 44.4 Å². The van der Waals surface area contributed by atoms with Gasteiger partial charge in [-0.05, 0) is 79.3 Å². The average Bonchev–Trinajstić information content (AvgIpc) is 3.69. The summed E-state index contributed by atoms with van der Waals surface area (Å²) >= 11 is 0. The average molecular weight is 691 g/mol. The molecular formula is C40H42N4O7. The Labute approximate surface area is 297 Å². The second kappa shape index (κ2) is 13.4. The van der Waals surface area contributed by atoms with Crippen LogP contribution in [-0.2, 0) is 0 Å². The molecule has 1 saturated heterocycles. The van der Waals surface area contributed by atoms with Crippen LogP contribution in [0, 0.1) is 5.41 Å². The lowest BCUT2D eigenvalue weighted by Crippen LogP contribution is -2.35. The van der Waals surface area contributed by atoms with Gasteiger partial charge in [0.1, 0.15) is 5.75 Å². The Morgan fingerprint density at radius 2 is 1.33 bits per heavy atom. The van der Waals surface area contributed by atoms with Gasteiger partial charge in [0.25, 0.3) is 11.8 Å². The maximum absolute atomic E-state index is 13.7. The van der Waals surface area contributed by atoms with Crippen LogP contribution in [0.3, 0.4) is 0 Å². The third-order valence-electron chi connectivity index (χ3n) is 10.6. The van der Waals surface area contributed by atoms with Crippen molar-refractivity contribution in [3.05, 3.63) is 71.4 Å². The molecule has 4 heterocycles. The molecule has 3 aromatic carbocycles. The van der Waals surface area contributed by atoms with E-state index in [4.69, 9.17) is 33.7 Å². The van der Waals surface area contributed by atoms with Crippen molar-refractivity contribution in [1.82, 2.24) is 9.80 Å². The molecule has 2 atom stereocenters. The number of amides is 2. The molecule has 1 saturated carbocycles. The van der Waals surface area contributed by atoms with Gasteiger partial charge in [-0.1, -0.05) is 12.1 Å². The number of hydrogen-bond acceptors (Lipinski definition) is 9. The second-order valence-electron chi connectivity index (χ2n) is 13.9. The number of benzene rings is 3. The molecule has 2 amide bonds. The largest absolute Gasteiger partial charge is 0.497 e. The normalized spacial score (nSPS) is 20.6. The number of unbranched alkanes of at least 4 members (excludes halogenated alkanes) is 2. The molecular weight excluding hydrogens is 648 g/mol. The lowest BCUT2D eigenvalue weighted by molar-refractivity contribution is 0.0766. The van der Waals surface area contributed by atoms with Crippen molar-refractivity contribution >= 4 is 41.2 Å². The highest BCUT2D eigenvalue weighted by molar-refractivity contribution is 6.06. The van der Waals surface area contributed by atoms with Crippen molar-refractivity contribution in [2.75, 3.05) is 41.1 Å². The fourth-order valence-electron chi connectivity index (χ4n) is 7.53. The number of rotatable bonds is 12. The summed E-state index contributed by atoms with van der Waals surface area (Å²) < 4.78 is 28.8. The van der Waals surface area contributed by atoms with Crippen LogP contribution in [0.4, 0.5) is 11.4 Å². The molecule has 0 radical (unpaired) electrons. The summed E-state index contributed by atoms with van der Waals surface area (Å²) in [6, 6.07) is 14.8. The molecule has 0 aromatic heterocycles. The number of methoxy groups -OCH3 is 3. The summed E-state index contributed by atoms with van der Waals surface area (Å²) in [5.74, 6) is 2.82. The van der Waals surface area contributed by atoms with Crippen molar-refractivity contribution in [2.45, 2.75) is 57.0 Å². The number of ether oxygens (including phenoxy) is 5. The standard InChI is InChI=1S/C40H42N4O7/c1-47-29-9-7-25(8-10-29)26-15-27-21-41-32-18-36(34(48-2)16-30(32)38(45)43(27)23-26)50-13-5-4-6-14-51-37-19-33-31(17-35(37)49-3)39(46)44-24-40(11-12-40)20-28(44)22-42-33/h7-10,16-19,21-23,27-28H,4-6,11-15,20,24H2,1-3H3/t27-,28-/m0/s1. The molecule has 264 valence electrons. The Morgan fingerprint density at radius 3 is 1.92 bits per heavy atom. The first-order valence-electron chi connectivity index (χ1n) is 17.7. The molecule has 5 aliphatic rings. The molecule has 2 fully saturated rings. The molecule has 1 aliphatic carbocycles. The minimum Gasteiger partial charge on any atom is -0.497 e. The maximum Gasteiger partial charge on any atom is 0.260 e. The van der Waals surface area contributed by atoms with Gasteiger partial charge in [0.15, 0.2) is 23.0 Å². The van der Waals surface area contributed by atoms with E-state index in [9.17, 15) is 9.59 Å². The quantitative estimate of drug-likeness (QED) is 0.188. The first-order chi connectivity index (χ1) is 24.9. The molecule has 11 heteroatoms. The van der Waals surface area contributed by atoms with Gasteiger partial charge in [-0.2, -0.15) is 0 Å². The summed E-state index contributed by atoms with van der Waals surface area (Å²) in [5.41, 5.74) is 4.64. The maximum atomic E-state index is 13.7. The molecule has 11 nitrogen and oxygen atoms in total. The van der Waals surface area contributed by atoms with Crippen LogP contribution in [0.25, 0.3) is 5.57 Å². The monoisotopic (exact) mass is 690 g/mol. The molecule has 3 aromatic rings. The Hall–Kier alpha value is -5.32. The van der Waals surface area contributed by atoms with Gasteiger partial charge >= 0.3 is 0 Å². The van der Waals surface area contributed by atoms with E-state index in [1.165, 1.54) is 12.8 Å². The molecule has 0 unspecified atom stereocenters. The van der Waals surface area contributed by atoms with E-state index >= 15 is 0 Å². The van der Waals surface area contributed by atoms with E-state index in [0.717, 1.165) is 49.1 Å². The van der Waals surface area contributed by atoms with E-state index in [1.807, 2.05) is 53.9 Å². The van der Waals surface area contributed by atoms with Crippen LogP contribution in [0.1, 0.15) is 71.2 Å². The number of aliphatic imine (C=N–C) groups is 2. The Bertz CT molecular complexity index is 1950. The zero-order valence-corrected chi connectivity index (χ0v) is 29.2. The predicted molar refractivity (Wildman–Crippen MR) is 194 cm³/mol. The van der Waals surface area contributed by atoms with E-state index in [0.29, 0.717) is 70.5 Å². The lowest BCUT2D eigenvalue weighted by atomic mass is 10.0. The third-order valence-corrected chi connectivity index (χ3v) is 10.6. The number of nitrogens with zero attached hydrogens (tertiary/aromatic N) is 4. The topological polar surface area (TPSA) is 111 Å². The lowest BCUT2D eigenvalue weighted by Gasteiger charge is -2.21. The van der Waals surface area contributed by atoms with Gasteiger partial charge in [0.05, 0.1) is 69.1 Å². The van der Waals surface area contributed by atoms with Gasteiger partial charge < -0.3 is 33.5 Å². The summed E-state index contributed by atoms with van der Waals surface area (Å²) in [6.07, 6.45) is 12.2. The summed E-state index contributed by atoms with van der Waals surface area (Å²) in [6.45, 7) is 1.76. The highest BCUT2D eigenvalue weighted by atomic mass is 16.5. The SMILES string of the molecule is COc1ccc(C2=CN3C(=O)c4cc(OC)c(OCCCCCOc5cc6c(cc5OC)C(=O)N5CC7(CC7)C[C@H]5C=N6)cc4N=C[C@@H]3C2)cc1. The number of carbonyl (C=O) groups is 2. The molecule has 0 N–H and O–H groups in total. The van der Waals surface area contributed by atoms with E-state index < -0.39 is 0 Å². The second-order valence-corrected chi connectivity index (χ2v) is 13.9. The molecule has 0 bridgehead atoms. The Kier molecular flexibility index (Phi) is 8.65. The van der Waals surface area contributed by atoms with Gasteiger partial charge in [0.2, 0.25) is 0 Å². The summed E-state index contributed by atoms with van der Waals surface area (Å²) in [5, 5.41) is 0. The van der Waals surface area contributed by atoms with Gasteiger partial charge in [-0.25, -0.2) is 0 Å². The Balaban J connectivity index is 0.850. The van der Waals surface area contributed by atoms with Crippen molar-refractivity contribution < 1.29 is 33.3 Å². The molecule has 1 spiro atoms. The number of carbonyl (C=O) groups excluding carboxylic acids is 2. The first-order valence-corrected chi connectivity index (χ1v) is 17.7. The van der Waals surface area contributed by atoms with Gasteiger partial charge in [-0.3, -0.25) is 19.6 Å². The van der Waals surface area contributed by atoms with Crippen LogP contribution in [0.5, 0.6) is 28.7 Å². The van der Waals surface area contributed by atoms with Crippen LogP contribution >= 0.6 is 0 Å². The molecule has 4 aliphatic heterocycles. The van der Waals surface area contributed by atoms with Crippen LogP contribution in [-0.4, -0.2) is 87.2 Å². The van der Waals surface area contributed by atoms with E-state index in [-0.39, 0.29) is 23.9 Å². The zero-order chi connectivity index (χ0) is 35.1. The highest BCUT2D eigenvalue weighted by Gasteiger charge is 2.53. The number of fused-ring (bicyclic) bond motifs is 4. The van der Waals surface area contributed by atoms with Crippen LogP contribution < -0.4 is 23.7 Å². The van der Waals surface area contributed by atoms with Crippen LogP contribution in [0.15, 0.2) is 64.7 Å². The fourth-order valence-corrected chi connectivity index (χ4v) is 7.53. The summed E-state index contributed by atoms with van der Waals surface area (Å²) in [4.78, 5) is 40.2. The number of hydrogen-bond donors (Lipinski definition) is 0. The van der Waals surface area contributed by atoms with E-state index in [2.05, 4.69) is 0 Å². The first kappa shape index (κ1) is 32.9. The third kappa shape index (κ3) is 6.30. The smallest absolute Gasteiger partial charge is 0.260 e. The highest BCUT2D eigenvalue weighted by Crippen LogP contribution is 2.55. The summed E-state index contributed by atoms with van der Waals surface area (Å²) in [7, 11) is 4.80. The van der Waals surface area contributed by atoms with Crippen LogP contribution in [0.2, 0.25) is 0 Å². The van der Waals surface area contributed by atoms with Crippen molar-refractivity contribution in [1.29, 1.82) is 0 Å². The molecule has 51 heavy (non-hydrogen) atoms. The van der Waals surface area contributed by atoms with Crippen molar-refractivity contribution in [3.63, 3.8) is 0 Å². The minimum atomic E-state index is -0.173. The fraction of sp³-hybridized carbons (Fsp3) is 0.400. The minimum absolute atomic E-state index is 0.0162. The van der Waals surface area contributed by atoms with Gasteiger partial charge in [-0.15, -0.1) is 0 Å². The Morgan fingerprint density at radius 1 is 0.725 bits per heavy atom.